The monoisotopic (exact) mass is 469 g/mol. The number of hydrogen-bond donors (Lipinski definition) is 2. The molecule has 0 saturated carbocycles. The van der Waals surface area contributed by atoms with Gasteiger partial charge in [0.15, 0.2) is 9.84 Å². The summed E-state index contributed by atoms with van der Waals surface area (Å²) in [5.41, 5.74) is 3.12. The number of rotatable bonds is 8. The van der Waals surface area contributed by atoms with Gasteiger partial charge in [-0.25, -0.2) is 8.42 Å². The van der Waals surface area contributed by atoms with E-state index < -0.39 is 9.84 Å². The molecular formula is C25H31N3O4S. The van der Waals surface area contributed by atoms with Crippen molar-refractivity contribution in [3.05, 3.63) is 59.7 Å². The van der Waals surface area contributed by atoms with Crippen LogP contribution in [0.3, 0.4) is 0 Å². The number of nitrogens with zero attached hydrogens (tertiary/aromatic N) is 1. The predicted molar refractivity (Wildman–Crippen MR) is 128 cm³/mol. The summed E-state index contributed by atoms with van der Waals surface area (Å²) in [6.45, 7) is 1.73. The maximum Gasteiger partial charge on any atom is 0.238 e. The average Bonchev–Trinajstić information content (AvgIpc) is 3.28. The molecule has 1 saturated heterocycles. The van der Waals surface area contributed by atoms with Crippen molar-refractivity contribution >= 4 is 27.3 Å². The summed E-state index contributed by atoms with van der Waals surface area (Å²) >= 11 is 0. The second-order valence-corrected chi connectivity index (χ2v) is 11.0. The Kier molecular flexibility index (Phi) is 7.45. The third-order valence-corrected chi connectivity index (χ3v) is 8.12. The van der Waals surface area contributed by atoms with Crippen molar-refractivity contribution in [2.45, 2.75) is 49.5 Å². The number of piperidine rings is 1. The lowest BCUT2D eigenvalue weighted by Gasteiger charge is -2.31. The predicted octanol–water partition coefficient (Wildman–Crippen LogP) is 2.56. The molecule has 1 heterocycles. The fourth-order valence-electron chi connectivity index (χ4n) is 4.55. The number of fused-ring (bicyclic) bond motifs is 1. The van der Waals surface area contributed by atoms with Gasteiger partial charge in [0.25, 0.3) is 0 Å². The third kappa shape index (κ3) is 6.42. The van der Waals surface area contributed by atoms with Gasteiger partial charge in [0, 0.05) is 31.2 Å². The zero-order valence-electron chi connectivity index (χ0n) is 18.8. The molecule has 176 valence electrons. The minimum atomic E-state index is -3.48. The number of amides is 2. The molecule has 0 bridgehead atoms. The lowest BCUT2D eigenvalue weighted by atomic mass is 10.0. The van der Waals surface area contributed by atoms with E-state index >= 15 is 0 Å². The summed E-state index contributed by atoms with van der Waals surface area (Å²) in [5.74, 6) is -0.476. The Morgan fingerprint density at radius 1 is 0.939 bits per heavy atom. The molecular weight excluding hydrogens is 438 g/mol. The van der Waals surface area contributed by atoms with Crippen molar-refractivity contribution < 1.29 is 18.0 Å². The molecule has 4 rings (SSSR count). The highest BCUT2D eigenvalue weighted by Crippen LogP contribution is 2.25. The molecule has 1 aliphatic carbocycles. The van der Waals surface area contributed by atoms with Crippen LogP contribution < -0.4 is 10.6 Å². The number of nitrogens with one attached hydrogen (secondary N) is 2. The lowest BCUT2D eigenvalue weighted by Crippen LogP contribution is -2.46. The van der Waals surface area contributed by atoms with Crippen molar-refractivity contribution in [3.63, 3.8) is 0 Å². The fourth-order valence-corrected chi connectivity index (χ4v) is 5.83. The number of carbonyl (C=O) groups excluding carboxylic acids is 2. The number of likely N-dealkylation sites (tertiary alicyclic amines) is 1. The molecule has 8 heteroatoms. The smallest absolute Gasteiger partial charge is 0.238 e. The molecule has 1 aliphatic heterocycles. The largest absolute Gasteiger partial charge is 0.353 e. The molecule has 0 atom stereocenters. The lowest BCUT2D eigenvalue weighted by molar-refractivity contribution is -0.122. The van der Waals surface area contributed by atoms with Gasteiger partial charge in [0.2, 0.25) is 11.8 Å². The molecule has 2 aliphatic rings. The van der Waals surface area contributed by atoms with Crippen LogP contribution >= 0.6 is 0 Å². The van der Waals surface area contributed by atoms with E-state index in [-0.39, 0.29) is 30.0 Å². The van der Waals surface area contributed by atoms with E-state index in [4.69, 9.17) is 0 Å². The van der Waals surface area contributed by atoms with Gasteiger partial charge in [0.1, 0.15) is 0 Å². The van der Waals surface area contributed by atoms with Crippen LogP contribution in [-0.4, -0.2) is 56.6 Å². The number of sulfone groups is 1. The van der Waals surface area contributed by atoms with Crippen molar-refractivity contribution in [2.75, 3.05) is 30.7 Å². The first-order valence-corrected chi connectivity index (χ1v) is 13.3. The minimum Gasteiger partial charge on any atom is -0.353 e. The fraction of sp³-hybridized carbons (Fsp3) is 0.440. The van der Waals surface area contributed by atoms with E-state index in [2.05, 4.69) is 15.5 Å². The summed E-state index contributed by atoms with van der Waals surface area (Å²) in [6, 6.07) is 14.7. The van der Waals surface area contributed by atoms with Crippen molar-refractivity contribution in [1.82, 2.24) is 10.2 Å². The first-order chi connectivity index (χ1) is 15.9. The number of para-hydroxylation sites is 1. The highest BCUT2D eigenvalue weighted by Gasteiger charge is 2.24. The van der Waals surface area contributed by atoms with Gasteiger partial charge in [-0.2, -0.15) is 0 Å². The average molecular weight is 470 g/mol. The van der Waals surface area contributed by atoms with Gasteiger partial charge in [-0.15, -0.1) is 0 Å². The van der Waals surface area contributed by atoms with Gasteiger partial charge in [-0.1, -0.05) is 24.3 Å². The summed E-state index contributed by atoms with van der Waals surface area (Å²) < 4.78 is 25.4. The molecule has 0 spiro atoms. The molecule has 2 N–H and O–H groups in total. The maximum atomic E-state index is 12.7. The third-order valence-electron chi connectivity index (χ3n) is 6.40. The first kappa shape index (κ1) is 23.4. The van der Waals surface area contributed by atoms with E-state index in [1.807, 2.05) is 36.4 Å². The van der Waals surface area contributed by atoms with Crippen LogP contribution in [0.25, 0.3) is 0 Å². The summed E-state index contributed by atoms with van der Waals surface area (Å²) in [5, 5.41) is 5.85. The summed E-state index contributed by atoms with van der Waals surface area (Å²) in [6.07, 6.45) is 4.43. The molecule has 0 aromatic heterocycles. The van der Waals surface area contributed by atoms with Crippen LogP contribution in [0.15, 0.2) is 53.4 Å². The Labute approximate surface area is 195 Å². The van der Waals surface area contributed by atoms with Gasteiger partial charge >= 0.3 is 0 Å². The summed E-state index contributed by atoms with van der Waals surface area (Å²) in [7, 11) is -3.48. The van der Waals surface area contributed by atoms with E-state index in [0.717, 1.165) is 43.4 Å². The van der Waals surface area contributed by atoms with E-state index in [1.165, 1.54) is 5.56 Å². The molecule has 2 amide bonds. The van der Waals surface area contributed by atoms with E-state index in [9.17, 15) is 18.0 Å². The molecule has 1 fully saturated rings. The number of anilines is 1. The summed E-state index contributed by atoms with van der Waals surface area (Å²) in [4.78, 5) is 27.0. The van der Waals surface area contributed by atoms with E-state index in [1.54, 1.807) is 12.1 Å². The zero-order chi connectivity index (χ0) is 23.3. The highest BCUT2D eigenvalue weighted by molar-refractivity contribution is 7.91. The number of carbonyl (C=O) groups is 2. The normalized spacial score (nSPS) is 16.8. The highest BCUT2D eigenvalue weighted by atomic mass is 32.2. The van der Waals surface area contributed by atoms with Crippen molar-refractivity contribution in [1.29, 1.82) is 0 Å². The quantitative estimate of drug-likeness (QED) is 0.620. The maximum absolute atomic E-state index is 12.7. The Bertz CT molecular complexity index is 1090. The molecule has 33 heavy (non-hydrogen) atoms. The molecule has 2 aromatic rings. The Morgan fingerprint density at radius 2 is 1.67 bits per heavy atom. The standard InChI is InChI=1S/C25H31N3O4S/c29-24(13-16-33(31,32)23-10-9-19-5-4-6-20(19)17-23)26-22-11-14-28(15-12-22)18-25(30)27-21-7-2-1-3-8-21/h1-3,7-10,17,22H,4-6,11-16,18H2,(H,26,29)(H,27,30). The van der Waals surface area contributed by atoms with Gasteiger partial charge in [-0.05, 0) is 67.5 Å². The van der Waals surface area contributed by atoms with Crippen LogP contribution in [0.5, 0.6) is 0 Å². The minimum absolute atomic E-state index is 0.00799. The SMILES string of the molecule is O=C(CN1CCC(NC(=O)CCS(=O)(=O)c2ccc3c(c2)CCC3)CC1)Nc1ccccc1. The number of hydrogen-bond acceptors (Lipinski definition) is 5. The topological polar surface area (TPSA) is 95.6 Å². The van der Waals surface area contributed by atoms with Crippen LogP contribution in [0.4, 0.5) is 5.69 Å². The van der Waals surface area contributed by atoms with E-state index in [0.29, 0.717) is 24.5 Å². The first-order valence-electron chi connectivity index (χ1n) is 11.6. The Hall–Kier alpha value is -2.71. The van der Waals surface area contributed by atoms with Gasteiger partial charge < -0.3 is 10.6 Å². The van der Waals surface area contributed by atoms with Crippen LogP contribution in [0, 0.1) is 0 Å². The second-order valence-electron chi connectivity index (χ2n) is 8.89. The van der Waals surface area contributed by atoms with Gasteiger partial charge in [-0.3, -0.25) is 14.5 Å². The Balaban J connectivity index is 1.18. The molecule has 7 nitrogen and oxygen atoms in total. The number of aryl methyl sites for hydroxylation is 2. The number of benzene rings is 2. The van der Waals surface area contributed by atoms with Crippen LogP contribution in [0.2, 0.25) is 0 Å². The zero-order valence-corrected chi connectivity index (χ0v) is 19.6. The van der Waals surface area contributed by atoms with Crippen LogP contribution in [0.1, 0.15) is 36.8 Å². The van der Waals surface area contributed by atoms with Crippen LogP contribution in [-0.2, 0) is 32.3 Å². The molecule has 0 radical (unpaired) electrons. The van der Waals surface area contributed by atoms with Crippen molar-refractivity contribution in [3.8, 4) is 0 Å². The molecule has 0 unspecified atom stereocenters. The Morgan fingerprint density at radius 3 is 2.42 bits per heavy atom. The molecule has 2 aromatic carbocycles. The second kappa shape index (κ2) is 10.5. The van der Waals surface area contributed by atoms with Gasteiger partial charge in [0.05, 0.1) is 17.2 Å². The van der Waals surface area contributed by atoms with Crippen molar-refractivity contribution in [2.24, 2.45) is 0 Å².